The van der Waals surface area contributed by atoms with Gasteiger partial charge in [-0.3, -0.25) is 0 Å². The summed E-state index contributed by atoms with van der Waals surface area (Å²) in [6.07, 6.45) is 3.75. The normalized spacial score (nSPS) is 21.8. The largest absolute Gasteiger partial charge is 0.488 e. The lowest BCUT2D eigenvalue weighted by Gasteiger charge is -2.19. The van der Waals surface area contributed by atoms with Crippen molar-refractivity contribution in [3.05, 3.63) is 28.8 Å². The van der Waals surface area contributed by atoms with E-state index in [1.165, 1.54) is 23.1 Å². The number of nitrogens with one attached hydrogen (secondary N) is 1. The summed E-state index contributed by atoms with van der Waals surface area (Å²) in [5.74, 6) is 1.12. The molecule has 2 rings (SSSR count). The maximum Gasteiger partial charge on any atom is 0.127 e. The Morgan fingerprint density at radius 1 is 1.17 bits per heavy atom. The smallest absolute Gasteiger partial charge is 0.127 e. The van der Waals surface area contributed by atoms with Crippen LogP contribution in [0.2, 0.25) is 0 Å². The summed E-state index contributed by atoms with van der Waals surface area (Å²) in [6.45, 7) is 9.80. The van der Waals surface area contributed by atoms with Gasteiger partial charge in [0.2, 0.25) is 0 Å². The van der Waals surface area contributed by atoms with Crippen LogP contribution in [0.25, 0.3) is 0 Å². The molecule has 0 bridgehead atoms. The van der Waals surface area contributed by atoms with E-state index in [4.69, 9.17) is 4.74 Å². The van der Waals surface area contributed by atoms with Gasteiger partial charge in [0.05, 0.1) is 6.04 Å². The average molecular weight is 247 g/mol. The van der Waals surface area contributed by atoms with Crippen LogP contribution < -0.4 is 10.1 Å². The summed E-state index contributed by atoms with van der Waals surface area (Å²) in [5.41, 5.74) is 3.96. The Bertz CT molecular complexity index is 414. The third kappa shape index (κ3) is 2.54. The minimum atomic E-state index is 0.303. The number of fused-ring (bicyclic) bond motifs is 1. The number of benzene rings is 1. The molecular weight excluding hydrogens is 222 g/mol. The van der Waals surface area contributed by atoms with Crippen LogP contribution in [0.4, 0.5) is 0 Å². The molecule has 0 saturated heterocycles. The van der Waals surface area contributed by atoms with Crippen molar-refractivity contribution in [1.29, 1.82) is 0 Å². The Balaban J connectivity index is 2.29. The minimum Gasteiger partial charge on any atom is -0.488 e. The second-order valence-corrected chi connectivity index (χ2v) is 5.38. The van der Waals surface area contributed by atoms with E-state index in [0.717, 1.165) is 25.1 Å². The Kier molecular flexibility index (Phi) is 4.28. The average Bonchev–Trinajstić information content (AvgIpc) is 2.65. The van der Waals surface area contributed by atoms with E-state index in [1.54, 1.807) is 0 Å². The molecule has 1 aliphatic heterocycles. The van der Waals surface area contributed by atoms with Gasteiger partial charge in [0.25, 0.3) is 0 Å². The molecule has 1 N–H and O–H groups in total. The van der Waals surface area contributed by atoms with Crippen molar-refractivity contribution >= 4 is 0 Å². The van der Waals surface area contributed by atoms with Crippen LogP contribution in [0.15, 0.2) is 12.1 Å². The highest BCUT2D eigenvalue weighted by Crippen LogP contribution is 2.41. The summed E-state index contributed by atoms with van der Waals surface area (Å²) in [4.78, 5) is 0. The fourth-order valence-corrected chi connectivity index (χ4v) is 2.85. The number of aryl methyl sites for hydroxylation is 2. The van der Waals surface area contributed by atoms with Crippen LogP contribution in [0.1, 0.15) is 55.8 Å². The molecule has 0 aliphatic carbocycles. The highest BCUT2D eigenvalue weighted by atomic mass is 16.5. The zero-order chi connectivity index (χ0) is 13.1. The monoisotopic (exact) mass is 247 g/mol. The van der Waals surface area contributed by atoms with Crippen LogP contribution >= 0.6 is 0 Å². The van der Waals surface area contributed by atoms with Gasteiger partial charge in [0.15, 0.2) is 0 Å². The molecule has 1 aromatic carbocycles. The van der Waals surface area contributed by atoms with E-state index in [1.807, 2.05) is 0 Å². The summed E-state index contributed by atoms with van der Waals surface area (Å²) >= 11 is 0. The van der Waals surface area contributed by atoms with Gasteiger partial charge in [-0.2, -0.15) is 0 Å². The number of ether oxygens (including phenoxy) is 1. The number of hydrogen-bond acceptors (Lipinski definition) is 2. The first-order valence-electron chi connectivity index (χ1n) is 7.18. The van der Waals surface area contributed by atoms with Crippen LogP contribution in [-0.4, -0.2) is 12.6 Å². The topological polar surface area (TPSA) is 21.3 Å². The van der Waals surface area contributed by atoms with E-state index in [9.17, 15) is 0 Å². The summed E-state index contributed by atoms with van der Waals surface area (Å²) in [6, 6.07) is 4.87. The van der Waals surface area contributed by atoms with Crippen LogP contribution in [0.5, 0.6) is 5.75 Å². The fraction of sp³-hybridized carbons (Fsp3) is 0.625. The number of hydrogen-bond donors (Lipinski definition) is 1. The standard InChI is InChI=1S/C16H25NO/c1-5-7-14-15(17-8-6-2)13-10-11(3)9-12(4)16(13)18-14/h9-10,14-15,17H,5-8H2,1-4H3. The summed E-state index contributed by atoms with van der Waals surface area (Å²) in [7, 11) is 0. The summed E-state index contributed by atoms with van der Waals surface area (Å²) in [5, 5.41) is 3.65. The molecule has 0 spiro atoms. The van der Waals surface area contributed by atoms with Gasteiger partial charge in [0, 0.05) is 5.56 Å². The Morgan fingerprint density at radius 3 is 2.61 bits per heavy atom. The van der Waals surface area contributed by atoms with Gasteiger partial charge >= 0.3 is 0 Å². The molecule has 1 aliphatic rings. The molecule has 0 saturated carbocycles. The van der Waals surface area contributed by atoms with Crippen LogP contribution in [-0.2, 0) is 0 Å². The van der Waals surface area contributed by atoms with Crippen molar-refractivity contribution in [3.63, 3.8) is 0 Å². The third-order valence-electron chi connectivity index (χ3n) is 3.61. The van der Waals surface area contributed by atoms with Crippen molar-refractivity contribution < 1.29 is 4.74 Å². The van der Waals surface area contributed by atoms with Gasteiger partial charge in [-0.25, -0.2) is 0 Å². The quantitative estimate of drug-likeness (QED) is 0.852. The molecule has 100 valence electrons. The van der Waals surface area contributed by atoms with Gasteiger partial charge in [-0.1, -0.05) is 38.0 Å². The Morgan fingerprint density at radius 2 is 1.94 bits per heavy atom. The van der Waals surface area contributed by atoms with Crippen molar-refractivity contribution in [3.8, 4) is 5.75 Å². The highest BCUT2D eigenvalue weighted by molar-refractivity contribution is 5.48. The van der Waals surface area contributed by atoms with Gasteiger partial charge in [-0.05, 0) is 38.8 Å². The molecule has 1 heterocycles. The SMILES string of the molecule is CCCNC1c2cc(C)cc(C)c2OC1CCC. The molecule has 2 heteroatoms. The second kappa shape index (κ2) is 5.75. The first-order chi connectivity index (χ1) is 8.67. The van der Waals surface area contributed by atoms with Crippen molar-refractivity contribution in [1.82, 2.24) is 5.32 Å². The zero-order valence-electron chi connectivity index (χ0n) is 12.0. The molecule has 0 amide bonds. The molecule has 0 radical (unpaired) electrons. The molecule has 2 nitrogen and oxygen atoms in total. The van der Waals surface area contributed by atoms with Crippen molar-refractivity contribution in [2.24, 2.45) is 0 Å². The van der Waals surface area contributed by atoms with E-state index in [-0.39, 0.29) is 0 Å². The van der Waals surface area contributed by atoms with E-state index >= 15 is 0 Å². The lowest BCUT2D eigenvalue weighted by atomic mass is 9.97. The van der Waals surface area contributed by atoms with Crippen LogP contribution in [0.3, 0.4) is 0 Å². The molecule has 2 unspecified atom stereocenters. The molecule has 1 aromatic rings. The Hall–Kier alpha value is -1.02. The zero-order valence-corrected chi connectivity index (χ0v) is 12.0. The number of rotatable bonds is 5. The maximum absolute atomic E-state index is 6.18. The first kappa shape index (κ1) is 13.4. The van der Waals surface area contributed by atoms with Gasteiger partial charge in [0.1, 0.15) is 11.9 Å². The van der Waals surface area contributed by atoms with E-state index in [0.29, 0.717) is 12.1 Å². The highest BCUT2D eigenvalue weighted by Gasteiger charge is 2.34. The third-order valence-corrected chi connectivity index (χ3v) is 3.61. The molecule has 2 atom stereocenters. The Labute approximate surface area is 111 Å². The molecular formula is C16H25NO. The lowest BCUT2D eigenvalue weighted by Crippen LogP contribution is -2.31. The van der Waals surface area contributed by atoms with Crippen LogP contribution in [0, 0.1) is 13.8 Å². The first-order valence-corrected chi connectivity index (χ1v) is 7.18. The fourth-order valence-electron chi connectivity index (χ4n) is 2.85. The minimum absolute atomic E-state index is 0.303. The predicted octanol–water partition coefficient (Wildman–Crippen LogP) is 3.91. The van der Waals surface area contributed by atoms with Gasteiger partial charge in [-0.15, -0.1) is 0 Å². The molecule has 0 fully saturated rings. The van der Waals surface area contributed by atoms with E-state index in [2.05, 4.69) is 45.1 Å². The summed E-state index contributed by atoms with van der Waals surface area (Å²) < 4.78 is 6.18. The van der Waals surface area contributed by atoms with Gasteiger partial charge < -0.3 is 10.1 Å². The molecule has 0 aromatic heterocycles. The molecule has 18 heavy (non-hydrogen) atoms. The second-order valence-electron chi connectivity index (χ2n) is 5.38. The van der Waals surface area contributed by atoms with Crippen molar-refractivity contribution in [2.45, 2.75) is 59.1 Å². The van der Waals surface area contributed by atoms with E-state index < -0.39 is 0 Å². The lowest BCUT2D eigenvalue weighted by molar-refractivity contribution is 0.177. The predicted molar refractivity (Wildman–Crippen MR) is 76.3 cm³/mol. The maximum atomic E-state index is 6.18. The van der Waals surface area contributed by atoms with Crippen molar-refractivity contribution in [2.75, 3.05) is 6.54 Å².